The molecule has 0 saturated heterocycles. The van der Waals surface area contributed by atoms with Crippen LogP contribution in [0.25, 0.3) is 55.3 Å². The molecule has 0 aliphatic heterocycles. The lowest BCUT2D eigenvalue weighted by molar-refractivity contribution is 0.191. The van der Waals surface area contributed by atoms with Gasteiger partial charge in [0, 0.05) is 44.7 Å². The van der Waals surface area contributed by atoms with Crippen LogP contribution in [-0.2, 0) is 10.8 Å². The summed E-state index contributed by atoms with van der Waals surface area (Å²) in [5.74, 6) is 3.40. The molecule has 7 aromatic carbocycles. The van der Waals surface area contributed by atoms with Gasteiger partial charge in [-0.15, -0.1) is 0 Å². The van der Waals surface area contributed by atoms with Crippen molar-refractivity contribution in [2.75, 3.05) is 4.90 Å². The van der Waals surface area contributed by atoms with Gasteiger partial charge in [0.05, 0.1) is 0 Å². The molecule has 14 rings (SSSR count). The molecule has 2 heteroatoms. The molecule has 0 N–H and O–H groups in total. The van der Waals surface area contributed by atoms with Gasteiger partial charge in [0.1, 0.15) is 11.2 Å². The van der Waals surface area contributed by atoms with Crippen LogP contribution in [0.3, 0.4) is 0 Å². The van der Waals surface area contributed by atoms with Crippen LogP contribution in [0.4, 0.5) is 17.1 Å². The second-order valence-electron chi connectivity index (χ2n) is 18.1. The Kier molecular flexibility index (Phi) is 6.11. The molecular weight excluding hydrogens is 679 g/mol. The molecule has 4 bridgehead atoms. The summed E-state index contributed by atoms with van der Waals surface area (Å²) in [5.41, 5.74) is 19.5. The highest BCUT2D eigenvalue weighted by atomic mass is 16.3. The Bertz CT molecular complexity index is 2940. The van der Waals surface area contributed by atoms with Crippen LogP contribution in [0.2, 0.25) is 0 Å². The fourth-order valence-electron chi connectivity index (χ4n) is 13.2. The number of furan rings is 1. The first-order chi connectivity index (χ1) is 27.5. The molecule has 4 saturated carbocycles. The number of benzene rings is 7. The molecule has 0 radical (unpaired) electrons. The minimum absolute atomic E-state index is 0.0975. The number of anilines is 3. The van der Waals surface area contributed by atoms with Crippen molar-refractivity contribution < 1.29 is 4.42 Å². The molecule has 1 spiro atoms. The van der Waals surface area contributed by atoms with Crippen LogP contribution in [0.5, 0.6) is 0 Å². The fourth-order valence-corrected chi connectivity index (χ4v) is 13.2. The first kappa shape index (κ1) is 31.4. The Hall–Kier alpha value is -5.86. The van der Waals surface area contributed by atoms with Crippen LogP contribution in [0.15, 0.2) is 156 Å². The van der Waals surface area contributed by atoms with Gasteiger partial charge in [-0.3, -0.25) is 0 Å². The first-order valence-corrected chi connectivity index (χ1v) is 20.8. The Labute approximate surface area is 328 Å². The lowest BCUT2D eigenvalue weighted by Crippen LogP contribution is -2.40. The number of hydrogen-bond acceptors (Lipinski definition) is 2. The van der Waals surface area contributed by atoms with Gasteiger partial charge in [0.15, 0.2) is 0 Å². The lowest BCUT2D eigenvalue weighted by Gasteiger charge is -2.43. The summed E-state index contributed by atoms with van der Waals surface area (Å²) < 4.78 is 6.46. The molecule has 2 nitrogen and oxygen atoms in total. The molecule has 0 amide bonds. The molecule has 1 heterocycles. The zero-order valence-corrected chi connectivity index (χ0v) is 31.9. The molecule has 4 fully saturated rings. The number of nitrogens with zero attached hydrogens (tertiary/aromatic N) is 1. The number of para-hydroxylation sites is 1. The van der Waals surface area contributed by atoms with Gasteiger partial charge in [-0.05, 0) is 147 Å². The fraction of sp³-hybridized carbons (Fsp3) is 0.222. The van der Waals surface area contributed by atoms with Crippen molar-refractivity contribution in [1.29, 1.82) is 0 Å². The highest BCUT2D eigenvalue weighted by molar-refractivity contribution is 6.06. The largest absolute Gasteiger partial charge is 0.456 e. The summed E-state index contributed by atoms with van der Waals surface area (Å²) >= 11 is 0. The van der Waals surface area contributed by atoms with Crippen molar-refractivity contribution in [2.45, 2.75) is 50.4 Å². The SMILES string of the molecule is CC1(C)c2ccccc2-c2ccc(N(c3ccc(-c4cccc5c4-c4ccccc4C54C5CC6CC(C5)[C@@H]4C6)cc3)c3ccc4c(c3)oc3ccccc34)cc21. The summed E-state index contributed by atoms with van der Waals surface area (Å²) in [6.45, 7) is 4.73. The first-order valence-electron chi connectivity index (χ1n) is 20.8. The van der Waals surface area contributed by atoms with E-state index in [-0.39, 0.29) is 10.8 Å². The zero-order valence-electron chi connectivity index (χ0n) is 31.9. The Morgan fingerprint density at radius 3 is 2.05 bits per heavy atom. The van der Waals surface area contributed by atoms with Gasteiger partial charge in [0.25, 0.3) is 0 Å². The molecule has 8 aromatic rings. The summed E-state index contributed by atoms with van der Waals surface area (Å²) in [7, 11) is 0. The van der Waals surface area contributed by atoms with Crippen LogP contribution >= 0.6 is 0 Å². The molecule has 1 aromatic heterocycles. The quantitative estimate of drug-likeness (QED) is 0.180. The zero-order chi connectivity index (χ0) is 36.9. The standard InChI is InChI=1S/C54H43NO/c1-53(2)45-14-6-3-10-40(45)41-24-22-37(30-49(41)53)55(38-23-25-43-42-11-5-8-17-50(42)56-51(43)31-38)36-20-18-33(19-21-36)39-13-9-16-47-52(39)44-12-4-7-15-46(44)54(47)35-27-32-26-34(29-35)48(54)28-32/h3-25,30-32,34-35,48H,26-29H2,1-2H3/t32?,34?,35?,48-,54?/m0/s1. The maximum absolute atomic E-state index is 6.46. The van der Waals surface area contributed by atoms with E-state index < -0.39 is 0 Å². The van der Waals surface area contributed by atoms with E-state index in [0.717, 1.165) is 62.7 Å². The van der Waals surface area contributed by atoms with Gasteiger partial charge in [0.2, 0.25) is 0 Å². The molecule has 5 atom stereocenters. The van der Waals surface area contributed by atoms with Crippen molar-refractivity contribution in [1.82, 2.24) is 0 Å². The van der Waals surface area contributed by atoms with Crippen LogP contribution in [0.1, 0.15) is 61.8 Å². The second kappa shape index (κ2) is 10.9. The van der Waals surface area contributed by atoms with E-state index in [1.807, 2.05) is 6.07 Å². The highest BCUT2D eigenvalue weighted by Crippen LogP contribution is 2.73. The molecule has 6 aliphatic carbocycles. The van der Waals surface area contributed by atoms with E-state index in [2.05, 4.69) is 164 Å². The smallest absolute Gasteiger partial charge is 0.137 e. The maximum Gasteiger partial charge on any atom is 0.137 e. The van der Waals surface area contributed by atoms with Crippen LogP contribution < -0.4 is 4.90 Å². The van der Waals surface area contributed by atoms with E-state index >= 15 is 0 Å². The predicted molar refractivity (Wildman–Crippen MR) is 230 cm³/mol. The average Bonchev–Trinajstić information content (AvgIpc) is 3.97. The van der Waals surface area contributed by atoms with Gasteiger partial charge >= 0.3 is 0 Å². The second-order valence-corrected chi connectivity index (χ2v) is 18.1. The van der Waals surface area contributed by atoms with E-state index in [4.69, 9.17) is 4.42 Å². The monoisotopic (exact) mass is 721 g/mol. The van der Waals surface area contributed by atoms with E-state index in [0.29, 0.717) is 0 Å². The summed E-state index contributed by atoms with van der Waals surface area (Å²) in [6.07, 6.45) is 5.68. The Balaban J connectivity index is 0.962. The normalized spacial score (nSPS) is 24.2. The van der Waals surface area contributed by atoms with Crippen molar-refractivity contribution in [3.63, 3.8) is 0 Å². The minimum Gasteiger partial charge on any atom is -0.456 e. The van der Waals surface area contributed by atoms with Crippen LogP contribution in [0, 0.1) is 23.7 Å². The number of fused-ring (bicyclic) bond motifs is 9. The maximum atomic E-state index is 6.46. The van der Waals surface area contributed by atoms with Crippen molar-refractivity contribution >= 4 is 39.0 Å². The third-order valence-corrected chi connectivity index (χ3v) is 15.3. The van der Waals surface area contributed by atoms with E-state index in [9.17, 15) is 0 Å². The average molecular weight is 722 g/mol. The topological polar surface area (TPSA) is 16.4 Å². The van der Waals surface area contributed by atoms with Crippen LogP contribution in [-0.4, -0.2) is 0 Å². The van der Waals surface area contributed by atoms with Gasteiger partial charge in [-0.1, -0.05) is 117 Å². The van der Waals surface area contributed by atoms with E-state index in [1.165, 1.54) is 70.2 Å². The summed E-state index contributed by atoms with van der Waals surface area (Å²) in [6, 6.07) is 57.1. The number of hydrogen-bond donors (Lipinski definition) is 0. The van der Waals surface area contributed by atoms with Crippen molar-refractivity contribution in [3.8, 4) is 33.4 Å². The Morgan fingerprint density at radius 2 is 1.18 bits per heavy atom. The molecule has 270 valence electrons. The lowest BCUT2D eigenvalue weighted by atomic mass is 9.59. The summed E-state index contributed by atoms with van der Waals surface area (Å²) in [5, 5.41) is 2.30. The molecule has 6 aliphatic rings. The Morgan fingerprint density at radius 1 is 0.500 bits per heavy atom. The van der Waals surface area contributed by atoms with Gasteiger partial charge < -0.3 is 9.32 Å². The van der Waals surface area contributed by atoms with Crippen molar-refractivity contribution in [3.05, 3.63) is 174 Å². The number of rotatable bonds is 4. The van der Waals surface area contributed by atoms with Gasteiger partial charge in [-0.2, -0.15) is 0 Å². The summed E-state index contributed by atoms with van der Waals surface area (Å²) in [4.78, 5) is 2.42. The third kappa shape index (κ3) is 3.92. The molecule has 56 heavy (non-hydrogen) atoms. The minimum atomic E-state index is -0.0975. The highest BCUT2D eigenvalue weighted by Gasteiger charge is 2.66. The molecule has 4 unspecified atom stereocenters. The third-order valence-electron chi connectivity index (χ3n) is 15.3. The van der Waals surface area contributed by atoms with Crippen molar-refractivity contribution in [2.24, 2.45) is 23.7 Å². The molecular formula is C54H43NO. The van der Waals surface area contributed by atoms with E-state index in [1.54, 1.807) is 11.1 Å². The predicted octanol–water partition coefficient (Wildman–Crippen LogP) is 14.4. The van der Waals surface area contributed by atoms with Gasteiger partial charge in [-0.25, -0.2) is 0 Å².